The molecule has 0 spiro atoms. The highest BCUT2D eigenvalue weighted by Crippen LogP contribution is 2.49. The van der Waals surface area contributed by atoms with E-state index in [1.165, 1.54) is 31.2 Å². The standard InChI is InChI=1S/C16H21BrClN/c1-10(14-7-6-13(17)8-16(14)18)19-9-15(11-2-3-11)12-4-5-12/h6-8,10-12,15,19H,2-5,9H2,1H3. The molecule has 3 rings (SSSR count). The lowest BCUT2D eigenvalue weighted by Crippen LogP contribution is -2.28. The molecule has 1 aromatic carbocycles. The molecule has 19 heavy (non-hydrogen) atoms. The molecule has 1 unspecified atom stereocenters. The van der Waals surface area contributed by atoms with E-state index in [0.29, 0.717) is 6.04 Å². The van der Waals surface area contributed by atoms with Gasteiger partial charge in [0.15, 0.2) is 0 Å². The summed E-state index contributed by atoms with van der Waals surface area (Å²) in [5.74, 6) is 2.93. The lowest BCUT2D eigenvalue weighted by atomic mass is 9.97. The minimum absolute atomic E-state index is 0.334. The van der Waals surface area contributed by atoms with Gasteiger partial charge in [-0.15, -0.1) is 0 Å². The molecule has 104 valence electrons. The Bertz CT molecular complexity index is 442. The number of halogens is 2. The molecule has 0 heterocycles. The van der Waals surface area contributed by atoms with Crippen molar-refractivity contribution in [3.8, 4) is 0 Å². The summed E-state index contributed by atoms with van der Waals surface area (Å²) in [6.07, 6.45) is 5.82. The second-order valence-electron chi connectivity index (χ2n) is 6.13. The van der Waals surface area contributed by atoms with E-state index in [1.54, 1.807) is 0 Å². The summed E-state index contributed by atoms with van der Waals surface area (Å²) in [6.45, 7) is 3.37. The summed E-state index contributed by atoms with van der Waals surface area (Å²) < 4.78 is 1.04. The summed E-state index contributed by atoms with van der Waals surface area (Å²) in [5.41, 5.74) is 1.20. The van der Waals surface area contributed by atoms with Crippen molar-refractivity contribution in [1.29, 1.82) is 0 Å². The van der Waals surface area contributed by atoms with E-state index in [9.17, 15) is 0 Å². The lowest BCUT2D eigenvalue weighted by molar-refractivity contribution is 0.362. The van der Waals surface area contributed by atoms with Gasteiger partial charge >= 0.3 is 0 Å². The van der Waals surface area contributed by atoms with Crippen LogP contribution >= 0.6 is 27.5 Å². The van der Waals surface area contributed by atoms with E-state index in [0.717, 1.165) is 33.8 Å². The van der Waals surface area contributed by atoms with Gasteiger partial charge in [0.25, 0.3) is 0 Å². The summed E-state index contributed by atoms with van der Waals surface area (Å²) >= 11 is 9.78. The molecule has 2 saturated carbocycles. The first kappa shape index (κ1) is 13.9. The van der Waals surface area contributed by atoms with Crippen LogP contribution in [0.4, 0.5) is 0 Å². The fourth-order valence-corrected chi connectivity index (χ4v) is 3.88. The van der Waals surface area contributed by atoms with Crippen molar-refractivity contribution in [3.05, 3.63) is 33.3 Å². The highest BCUT2D eigenvalue weighted by Gasteiger charge is 2.41. The van der Waals surface area contributed by atoms with E-state index in [-0.39, 0.29) is 0 Å². The fourth-order valence-electron chi connectivity index (χ4n) is 3.04. The molecule has 2 aliphatic rings. The molecular formula is C16H21BrClN. The van der Waals surface area contributed by atoms with Crippen molar-refractivity contribution in [2.75, 3.05) is 6.54 Å². The van der Waals surface area contributed by atoms with Gasteiger partial charge < -0.3 is 5.32 Å². The maximum absolute atomic E-state index is 6.32. The number of hydrogen-bond acceptors (Lipinski definition) is 1. The molecule has 3 heteroatoms. The largest absolute Gasteiger partial charge is 0.310 e. The van der Waals surface area contributed by atoms with Gasteiger partial charge in [-0.05, 0) is 74.6 Å². The van der Waals surface area contributed by atoms with Gasteiger partial charge in [0.05, 0.1) is 0 Å². The second kappa shape index (κ2) is 5.75. The van der Waals surface area contributed by atoms with Gasteiger partial charge in [0.2, 0.25) is 0 Å². The maximum Gasteiger partial charge on any atom is 0.0464 e. The zero-order chi connectivity index (χ0) is 13.4. The summed E-state index contributed by atoms with van der Waals surface area (Å²) in [4.78, 5) is 0. The minimum atomic E-state index is 0.334. The molecule has 0 radical (unpaired) electrons. The third-order valence-electron chi connectivity index (χ3n) is 4.54. The van der Waals surface area contributed by atoms with Crippen LogP contribution in [0.25, 0.3) is 0 Å². The predicted octanol–water partition coefficient (Wildman–Crippen LogP) is 5.19. The van der Waals surface area contributed by atoms with Crippen LogP contribution in [0.1, 0.15) is 44.2 Å². The second-order valence-corrected chi connectivity index (χ2v) is 7.46. The Morgan fingerprint density at radius 3 is 2.42 bits per heavy atom. The van der Waals surface area contributed by atoms with E-state index < -0.39 is 0 Å². The van der Waals surface area contributed by atoms with Crippen molar-refractivity contribution in [3.63, 3.8) is 0 Å². The highest BCUT2D eigenvalue weighted by atomic mass is 79.9. The van der Waals surface area contributed by atoms with Gasteiger partial charge in [0, 0.05) is 15.5 Å². The molecule has 2 fully saturated rings. The number of rotatable bonds is 6. The van der Waals surface area contributed by atoms with Crippen LogP contribution in [-0.4, -0.2) is 6.54 Å². The zero-order valence-electron chi connectivity index (χ0n) is 11.3. The van der Waals surface area contributed by atoms with E-state index >= 15 is 0 Å². The maximum atomic E-state index is 6.32. The zero-order valence-corrected chi connectivity index (χ0v) is 13.7. The molecular weight excluding hydrogens is 322 g/mol. The highest BCUT2D eigenvalue weighted by molar-refractivity contribution is 9.10. The average Bonchev–Trinajstić information content (AvgIpc) is 3.23. The quantitative estimate of drug-likeness (QED) is 0.750. The number of hydrogen-bond donors (Lipinski definition) is 1. The Kier molecular flexibility index (Phi) is 4.21. The smallest absolute Gasteiger partial charge is 0.0464 e. The van der Waals surface area contributed by atoms with Crippen LogP contribution < -0.4 is 5.32 Å². The Morgan fingerprint density at radius 1 is 1.26 bits per heavy atom. The van der Waals surface area contributed by atoms with Crippen LogP contribution in [0.15, 0.2) is 22.7 Å². The van der Waals surface area contributed by atoms with Gasteiger partial charge in [0.1, 0.15) is 0 Å². The topological polar surface area (TPSA) is 12.0 Å². The van der Waals surface area contributed by atoms with Crippen molar-refractivity contribution in [2.45, 2.75) is 38.6 Å². The van der Waals surface area contributed by atoms with Gasteiger partial charge in [-0.1, -0.05) is 33.6 Å². The van der Waals surface area contributed by atoms with Crippen LogP contribution in [-0.2, 0) is 0 Å². The summed E-state index contributed by atoms with van der Waals surface area (Å²) in [6, 6.07) is 6.50. The normalized spacial score (nSPS) is 20.8. The van der Waals surface area contributed by atoms with Crippen LogP contribution in [0, 0.1) is 17.8 Å². The van der Waals surface area contributed by atoms with Crippen molar-refractivity contribution in [2.24, 2.45) is 17.8 Å². The summed E-state index contributed by atoms with van der Waals surface area (Å²) in [7, 11) is 0. The first-order valence-electron chi connectivity index (χ1n) is 7.33. The number of nitrogens with one attached hydrogen (secondary N) is 1. The molecule has 0 saturated heterocycles. The van der Waals surface area contributed by atoms with E-state index in [1.807, 2.05) is 6.07 Å². The van der Waals surface area contributed by atoms with Gasteiger partial charge in [-0.2, -0.15) is 0 Å². The molecule has 0 aliphatic heterocycles. The SMILES string of the molecule is CC(NCC(C1CC1)C1CC1)c1ccc(Br)cc1Cl. The van der Waals surface area contributed by atoms with E-state index in [2.05, 4.69) is 40.3 Å². The van der Waals surface area contributed by atoms with Crippen LogP contribution in [0.3, 0.4) is 0 Å². The third kappa shape index (κ3) is 3.53. The Labute approximate surface area is 129 Å². The van der Waals surface area contributed by atoms with Gasteiger partial charge in [-0.25, -0.2) is 0 Å². The first-order chi connectivity index (χ1) is 9.15. The lowest BCUT2D eigenvalue weighted by Gasteiger charge is -2.21. The average molecular weight is 343 g/mol. The summed E-state index contributed by atoms with van der Waals surface area (Å²) in [5, 5.41) is 4.55. The minimum Gasteiger partial charge on any atom is -0.310 e. The molecule has 0 amide bonds. The van der Waals surface area contributed by atoms with Crippen molar-refractivity contribution < 1.29 is 0 Å². The Balaban J connectivity index is 1.59. The third-order valence-corrected chi connectivity index (χ3v) is 5.36. The molecule has 1 nitrogen and oxygen atoms in total. The van der Waals surface area contributed by atoms with Crippen LogP contribution in [0.5, 0.6) is 0 Å². The van der Waals surface area contributed by atoms with Gasteiger partial charge in [-0.3, -0.25) is 0 Å². The molecule has 0 bridgehead atoms. The van der Waals surface area contributed by atoms with E-state index in [4.69, 9.17) is 11.6 Å². The predicted molar refractivity (Wildman–Crippen MR) is 84.5 cm³/mol. The molecule has 1 aromatic rings. The molecule has 1 atom stereocenters. The number of benzene rings is 1. The monoisotopic (exact) mass is 341 g/mol. The molecule has 1 N–H and O–H groups in total. The van der Waals surface area contributed by atoms with Crippen molar-refractivity contribution in [1.82, 2.24) is 5.32 Å². The Hall–Kier alpha value is -0.0500. The molecule has 0 aromatic heterocycles. The first-order valence-corrected chi connectivity index (χ1v) is 8.50. The Morgan fingerprint density at radius 2 is 1.89 bits per heavy atom. The molecule has 2 aliphatic carbocycles. The fraction of sp³-hybridized carbons (Fsp3) is 0.625. The van der Waals surface area contributed by atoms with Crippen molar-refractivity contribution >= 4 is 27.5 Å². The van der Waals surface area contributed by atoms with Crippen LogP contribution in [0.2, 0.25) is 5.02 Å².